The summed E-state index contributed by atoms with van der Waals surface area (Å²) in [6, 6.07) is 10.1. The average molecular weight is 179 g/mol. The molecule has 0 aromatic heterocycles. The molecule has 0 spiro atoms. The largest absolute Gasteiger partial charge is 0.395 e. The maximum atomic E-state index is 8.81. The van der Waals surface area contributed by atoms with Crippen LogP contribution in [0.3, 0.4) is 0 Å². The summed E-state index contributed by atoms with van der Waals surface area (Å²) in [7, 11) is 0. The maximum absolute atomic E-state index is 8.81. The van der Waals surface area contributed by atoms with Crippen LogP contribution in [0.25, 0.3) is 0 Å². The molecule has 0 radical (unpaired) electrons. The second-order valence-corrected chi connectivity index (χ2v) is 3.49. The lowest BCUT2D eigenvalue weighted by atomic mass is 9.95. The van der Waals surface area contributed by atoms with Crippen molar-refractivity contribution in [2.75, 3.05) is 6.61 Å². The van der Waals surface area contributed by atoms with Gasteiger partial charge in [-0.2, -0.15) is 0 Å². The Balaban J connectivity index is 2.53. The second-order valence-electron chi connectivity index (χ2n) is 3.49. The Morgan fingerprint density at radius 2 is 1.92 bits per heavy atom. The summed E-state index contributed by atoms with van der Waals surface area (Å²) in [5, 5.41) is 8.81. The first-order valence-corrected chi connectivity index (χ1v) is 4.65. The highest BCUT2D eigenvalue weighted by atomic mass is 16.3. The van der Waals surface area contributed by atoms with Gasteiger partial charge >= 0.3 is 0 Å². The van der Waals surface area contributed by atoms with Crippen molar-refractivity contribution in [2.45, 2.75) is 25.3 Å². The summed E-state index contributed by atoms with van der Waals surface area (Å²) in [6.07, 6.45) is 0.834. The Bertz CT molecular complexity index is 235. The average Bonchev–Trinajstić information content (AvgIpc) is 2.19. The lowest BCUT2D eigenvalue weighted by Gasteiger charge is -2.15. The molecule has 2 nitrogen and oxygen atoms in total. The van der Waals surface area contributed by atoms with Crippen molar-refractivity contribution in [3.05, 3.63) is 35.9 Å². The molecule has 0 fully saturated rings. The van der Waals surface area contributed by atoms with E-state index < -0.39 is 0 Å². The highest BCUT2D eigenvalue weighted by molar-refractivity contribution is 5.18. The summed E-state index contributed by atoms with van der Waals surface area (Å²) in [5.41, 5.74) is 6.94. The standard InChI is InChI=1S/C11H17NO/c1-9(7-11(12)8-13)10-5-3-2-4-6-10/h2-6,9,11,13H,7-8,12H2,1H3/t9?,11-/m0/s1. The van der Waals surface area contributed by atoms with Crippen molar-refractivity contribution in [1.82, 2.24) is 0 Å². The predicted octanol–water partition coefficient (Wildman–Crippen LogP) is 1.50. The Hall–Kier alpha value is -0.860. The molecule has 2 heteroatoms. The first-order valence-electron chi connectivity index (χ1n) is 4.65. The smallest absolute Gasteiger partial charge is 0.0582 e. The molecule has 1 aromatic carbocycles. The molecule has 0 aliphatic carbocycles. The lowest BCUT2D eigenvalue weighted by molar-refractivity contribution is 0.255. The van der Waals surface area contributed by atoms with Gasteiger partial charge in [-0.05, 0) is 17.9 Å². The molecule has 0 heterocycles. The first kappa shape index (κ1) is 10.2. The molecule has 0 saturated heterocycles. The Morgan fingerprint density at radius 1 is 1.31 bits per heavy atom. The third-order valence-electron chi connectivity index (χ3n) is 2.26. The fourth-order valence-corrected chi connectivity index (χ4v) is 1.45. The SMILES string of the molecule is CC(C[C@H](N)CO)c1ccccc1. The third-order valence-corrected chi connectivity index (χ3v) is 2.26. The van der Waals surface area contributed by atoms with Crippen molar-refractivity contribution in [2.24, 2.45) is 5.73 Å². The molecule has 1 aromatic rings. The maximum Gasteiger partial charge on any atom is 0.0582 e. The highest BCUT2D eigenvalue weighted by Gasteiger charge is 2.09. The molecule has 3 N–H and O–H groups in total. The molecule has 0 saturated carbocycles. The number of hydrogen-bond acceptors (Lipinski definition) is 2. The van der Waals surface area contributed by atoms with Gasteiger partial charge < -0.3 is 10.8 Å². The summed E-state index contributed by atoms with van der Waals surface area (Å²) in [6.45, 7) is 2.20. The van der Waals surface area contributed by atoms with Crippen LogP contribution in [0, 0.1) is 0 Å². The summed E-state index contributed by atoms with van der Waals surface area (Å²) in [5.74, 6) is 0.420. The molecular weight excluding hydrogens is 162 g/mol. The third kappa shape index (κ3) is 3.17. The van der Waals surface area contributed by atoms with E-state index in [4.69, 9.17) is 10.8 Å². The second kappa shape index (κ2) is 5.00. The van der Waals surface area contributed by atoms with Gasteiger partial charge in [-0.1, -0.05) is 37.3 Å². The zero-order valence-corrected chi connectivity index (χ0v) is 7.98. The van der Waals surface area contributed by atoms with E-state index in [0.29, 0.717) is 5.92 Å². The van der Waals surface area contributed by atoms with Crippen molar-refractivity contribution in [1.29, 1.82) is 0 Å². The van der Waals surface area contributed by atoms with Gasteiger partial charge in [0.25, 0.3) is 0 Å². The number of benzene rings is 1. The van der Waals surface area contributed by atoms with E-state index in [-0.39, 0.29) is 12.6 Å². The van der Waals surface area contributed by atoms with Gasteiger partial charge in [0.05, 0.1) is 6.61 Å². The van der Waals surface area contributed by atoms with Crippen molar-refractivity contribution in [3.63, 3.8) is 0 Å². The van der Waals surface area contributed by atoms with Gasteiger partial charge in [0.2, 0.25) is 0 Å². The normalized spacial score (nSPS) is 15.3. The van der Waals surface area contributed by atoms with Gasteiger partial charge in [0.15, 0.2) is 0 Å². The predicted molar refractivity (Wildman–Crippen MR) is 54.5 cm³/mol. The van der Waals surface area contributed by atoms with Crippen LogP contribution in [0.15, 0.2) is 30.3 Å². The van der Waals surface area contributed by atoms with Gasteiger partial charge in [0, 0.05) is 6.04 Å². The van der Waals surface area contributed by atoms with E-state index in [0.717, 1.165) is 6.42 Å². The van der Waals surface area contributed by atoms with Crippen LogP contribution in [0.5, 0.6) is 0 Å². The van der Waals surface area contributed by atoms with Crippen molar-refractivity contribution in [3.8, 4) is 0 Å². The van der Waals surface area contributed by atoms with Crippen molar-refractivity contribution < 1.29 is 5.11 Å². The summed E-state index contributed by atoms with van der Waals surface area (Å²) >= 11 is 0. The van der Waals surface area contributed by atoms with Gasteiger partial charge in [-0.3, -0.25) is 0 Å². The fraction of sp³-hybridized carbons (Fsp3) is 0.455. The molecular formula is C11H17NO. The van der Waals surface area contributed by atoms with Gasteiger partial charge in [-0.15, -0.1) is 0 Å². The number of aliphatic hydroxyl groups is 1. The minimum Gasteiger partial charge on any atom is -0.395 e. The number of nitrogens with two attached hydrogens (primary N) is 1. The van der Waals surface area contributed by atoms with E-state index >= 15 is 0 Å². The molecule has 0 aliphatic heterocycles. The number of rotatable bonds is 4. The van der Waals surface area contributed by atoms with Crippen LogP contribution in [-0.4, -0.2) is 17.8 Å². The lowest BCUT2D eigenvalue weighted by Crippen LogP contribution is -2.26. The Kier molecular flexibility index (Phi) is 3.93. The zero-order chi connectivity index (χ0) is 9.68. The van der Waals surface area contributed by atoms with Gasteiger partial charge in [0.1, 0.15) is 0 Å². The van der Waals surface area contributed by atoms with Crippen LogP contribution in [0.4, 0.5) is 0 Å². The molecule has 1 unspecified atom stereocenters. The Morgan fingerprint density at radius 3 is 2.46 bits per heavy atom. The zero-order valence-electron chi connectivity index (χ0n) is 7.98. The molecule has 0 bridgehead atoms. The first-order chi connectivity index (χ1) is 6.24. The van der Waals surface area contributed by atoms with Crippen LogP contribution in [0.2, 0.25) is 0 Å². The van der Waals surface area contributed by atoms with Gasteiger partial charge in [-0.25, -0.2) is 0 Å². The van der Waals surface area contributed by atoms with Crippen LogP contribution < -0.4 is 5.73 Å². The molecule has 0 amide bonds. The number of hydrogen-bond donors (Lipinski definition) is 2. The topological polar surface area (TPSA) is 46.2 Å². The fourth-order valence-electron chi connectivity index (χ4n) is 1.45. The highest BCUT2D eigenvalue weighted by Crippen LogP contribution is 2.19. The van der Waals surface area contributed by atoms with E-state index in [1.807, 2.05) is 18.2 Å². The molecule has 0 aliphatic rings. The quantitative estimate of drug-likeness (QED) is 0.735. The molecule has 13 heavy (non-hydrogen) atoms. The van der Waals surface area contributed by atoms with Crippen LogP contribution >= 0.6 is 0 Å². The van der Waals surface area contributed by atoms with Crippen molar-refractivity contribution >= 4 is 0 Å². The minimum absolute atomic E-state index is 0.0666. The number of aliphatic hydroxyl groups excluding tert-OH is 1. The van der Waals surface area contributed by atoms with E-state index in [1.165, 1.54) is 5.56 Å². The molecule has 1 rings (SSSR count). The van der Waals surface area contributed by atoms with Crippen LogP contribution in [-0.2, 0) is 0 Å². The van der Waals surface area contributed by atoms with E-state index in [2.05, 4.69) is 19.1 Å². The summed E-state index contributed by atoms with van der Waals surface area (Å²) in [4.78, 5) is 0. The van der Waals surface area contributed by atoms with Crippen LogP contribution in [0.1, 0.15) is 24.8 Å². The Labute approximate surface area is 79.4 Å². The summed E-state index contributed by atoms with van der Waals surface area (Å²) < 4.78 is 0. The van der Waals surface area contributed by atoms with E-state index in [1.54, 1.807) is 0 Å². The van der Waals surface area contributed by atoms with E-state index in [9.17, 15) is 0 Å². The molecule has 2 atom stereocenters. The minimum atomic E-state index is -0.102. The monoisotopic (exact) mass is 179 g/mol. The molecule has 72 valence electrons.